The molecule has 11 aromatic rings. The van der Waals surface area contributed by atoms with Gasteiger partial charge in [-0.05, 0) is 110 Å². The average molecular weight is 626 g/mol. The predicted octanol–water partition coefficient (Wildman–Crippen LogP) is 13.6. The van der Waals surface area contributed by atoms with Gasteiger partial charge in [0.25, 0.3) is 0 Å². The SMILES string of the molecule is c1ccc2c(c1)ccc1ccc(N(c3ccc4ccc5cc6oc7ccccc7c6cc5c4c3)c3ccc4oc5ccccc5c4c3)cc12. The van der Waals surface area contributed by atoms with Crippen LogP contribution in [0.4, 0.5) is 17.1 Å². The number of furan rings is 2. The molecule has 49 heavy (non-hydrogen) atoms. The van der Waals surface area contributed by atoms with E-state index in [0.717, 1.165) is 66.3 Å². The Bertz CT molecular complexity index is 3130. The van der Waals surface area contributed by atoms with E-state index in [0.29, 0.717) is 0 Å². The molecule has 0 radical (unpaired) electrons. The number of hydrogen-bond donors (Lipinski definition) is 0. The summed E-state index contributed by atoms with van der Waals surface area (Å²) < 4.78 is 12.5. The molecule has 0 saturated heterocycles. The molecular weight excluding hydrogens is 599 g/mol. The number of para-hydroxylation sites is 2. The Morgan fingerprint density at radius 2 is 0.694 bits per heavy atom. The van der Waals surface area contributed by atoms with E-state index in [4.69, 9.17) is 8.83 Å². The third-order valence-corrected chi connectivity index (χ3v) is 10.2. The summed E-state index contributed by atoms with van der Waals surface area (Å²) in [5.41, 5.74) is 6.86. The Morgan fingerprint density at radius 1 is 0.265 bits per heavy atom. The summed E-state index contributed by atoms with van der Waals surface area (Å²) in [6.07, 6.45) is 0. The molecule has 2 aromatic heterocycles. The van der Waals surface area contributed by atoms with Gasteiger partial charge in [0.15, 0.2) is 0 Å². The number of hydrogen-bond acceptors (Lipinski definition) is 3. The quantitative estimate of drug-likeness (QED) is 0.183. The van der Waals surface area contributed by atoms with Gasteiger partial charge in [-0.25, -0.2) is 0 Å². The predicted molar refractivity (Wildman–Crippen MR) is 206 cm³/mol. The third-order valence-electron chi connectivity index (χ3n) is 10.2. The second-order valence-electron chi connectivity index (χ2n) is 12.9. The van der Waals surface area contributed by atoms with Crippen LogP contribution < -0.4 is 4.90 Å². The molecular formula is C46H27NO2. The van der Waals surface area contributed by atoms with Crippen LogP contribution in [0.2, 0.25) is 0 Å². The number of benzene rings is 9. The Hall–Kier alpha value is -6.58. The molecule has 0 bridgehead atoms. The zero-order valence-electron chi connectivity index (χ0n) is 26.4. The molecule has 0 aliphatic heterocycles. The van der Waals surface area contributed by atoms with Gasteiger partial charge in [0.1, 0.15) is 22.3 Å². The molecule has 3 nitrogen and oxygen atoms in total. The van der Waals surface area contributed by atoms with Gasteiger partial charge in [0.2, 0.25) is 0 Å². The third kappa shape index (κ3) is 3.96. The van der Waals surface area contributed by atoms with Crippen LogP contribution in [0.15, 0.2) is 173 Å². The molecule has 0 unspecified atom stereocenters. The van der Waals surface area contributed by atoms with Gasteiger partial charge in [-0.15, -0.1) is 0 Å². The van der Waals surface area contributed by atoms with Crippen molar-refractivity contribution in [2.45, 2.75) is 0 Å². The first-order valence-corrected chi connectivity index (χ1v) is 16.7. The minimum Gasteiger partial charge on any atom is -0.456 e. The largest absolute Gasteiger partial charge is 0.456 e. The van der Waals surface area contributed by atoms with E-state index in [1.165, 1.54) is 37.7 Å². The Balaban J connectivity index is 1.19. The average Bonchev–Trinajstić information content (AvgIpc) is 3.71. The van der Waals surface area contributed by atoms with Gasteiger partial charge in [-0.2, -0.15) is 0 Å². The molecule has 11 rings (SSSR count). The second kappa shape index (κ2) is 9.96. The molecule has 3 heteroatoms. The number of anilines is 3. The van der Waals surface area contributed by atoms with Crippen LogP contribution in [0.25, 0.3) is 87.0 Å². The maximum atomic E-state index is 6.26. The van der Waals surface area contributed by atoms with Crippen LogP contribution in [0.1, 0.15) is 0 Å². The van der Waals surface area contributed by atoms with Crippen molar-refractivity contribution < 1.29 is 8.83 Å². The molecule has 228 valence electrons. The van der Waals surface area contributed by atoms with Crippen molar-refractivity contribution in [3.63, 3.8) is 0 Å². The van der Waals surface area contributed by atoms with Gasteiger partial charge in [0.05, 0.1) is 0 Å². The molecule has 2 heterocycles. The zero-order valence-corrected chi connectivity index (χ0v) is 26.4. The Kier molecular flexibility index (Phi) is 5.38. The summed E-state index contributed by atoms with van der Waals surface area (Å²) in [7, 11) is 0. The van der Waals surface area contributed by atoms with Crippen LogP contribution in [-0.4, -0.2) is 0 Å². The van der Waals surface area contributed by atoms with Crippen LogP contribution >= 0.6 is 0 Å². The topological polar surface area (TPSA) is 29.5 Å². The van der Waals surface area contributed by atoms with E-state index in [1.54, 1.807) is 0 Å². The monoisotopic (exact) mass is 625 g/mol. The van der Waals surface area contributed by atoms with Crippen molar-refractivity contribution >= 4 is 104 Å². The molecule has 0 amide bonds. The second-order valence-corrected chi connectivity index (χ2v) is 12.9. The number of fused-ring (bicyclic) bond motifs is 12. The van der Waals surface area contributed by atoms with Gasteiger partial charge >= 0.3 is 0 Å². The molecule has 0 N–H and O–H groups in total. The van der Waals surface area contributed by atoms with E-state index in [9.17, 15) is 0 Å². The van der Waals surface area contributed by atoms with E-state index in [1.807, 2.05) is 24.3 Å². The lowest BCUT2D eigenvalue weighted by atomic mass is 9.98. The fourth-order valence-corrected chi connectivity index (χ4v) is 7.83. The smallest absolute Gasteiger partial charge is 0.136 e. The van der Waals surface area contributed by atoms with Gasteiger partial charge in [0, 0.05) is 38.6 Å². The van der Waals surface area contributed by atoms with Crippen LogP contribution in [0.3, 0.4) is 0 Å². The first kappa shape index (κ1) is 26.5. The van der Waals surface area contributed by atoms with Crippen molar-refractivity contribution in [1.29, 1.82) is 0 Å². The minimum absolute atomic E-state index is 0.885. The van der Waals surface area contributed by atoms with E-state index in [-0.39, 0.29) is 0 Å². The van der Waals surface area contributed by atoms with Crippen LogP contribution in [0, 0.1) is 0 Å². The highest BCUT2D eigenvalue weighted by Gasteiger charge is 2.18. The summed E-state index contributed by atoms with van der Waals surface area (Å²) in [5, 5.41) is 14.2. The molecule has 9 aromatic carbocycles. The van der Waals surface area contributed by atoms with Crippen molar-refractivity contribution in [1.82, 2.24) is 0 Å². The van der Waals surface area contributed by atoms with E-state index >= 15 is 0 Å². The number of nitrogens with zero attached hydrogens (tertiary/aromatic N) is 1. The highest BCUT2D eigenvalue weighted by molar-refractivity contribution is 6.17. The maximum absolute atomic E-state index is 6.26. The van der Waals surface area contributed by atoms with Gasteiger partial charge in [-0.1, -0.05) is 97.1 Å². The fraction of sp³-hybridized carbons (Fsp3) is 0. The first-order valence-electron chi connectivity index (χ1n) is 16.7. The van der Waals surface area contributed by atoms with Crippen molar-refractivity contribution in [2.75, 3.05) is 4.90 Å². The summed E-state index contributed by atoms with van der Waals surface area (Å²) in [4.78, 5) is 2.38. The van der Waals surface area contributed by atoms with Crippen LogP contribution in [-0.2, 0) is 0 Å². The summed E-state index contributed by atoms with van der Waals surface area (Å²) >= 11 is 0. The fourth-order valence-electron chi connectivity index (χ4n) is 7.83. The van der Waals surface area contributed by atoms with Crippen molar-refractivity contribution in [2.24, 2.45) is 0 Å². The maximum Gasteiger partial charge on any atom is 0.136 e. The Morgan fingerprint density at radius 3 is 1.39 bits per heavy atom. The van der Waals surface area contributed by atoms with Crippen molar-refractivity contribution in [3.05, 3.63) is 164 Å². The van der Waals surface area contributed by atoms with Gasteiger partial charge in [-0.3, -0.25) is 0 Å². The van der Waals surface area contributed by atoms with Crippen molar-refractivity contribution in [3.8, 4) is 0 Å². The highest BCUT2D eigenvalue weighted by Crippen LogP contribution is 2.43. The minimum atomic E-state index is 0.885. The van der Waals surface area contributed by atoms with Gasteiger partial charge < -0.3 is 13.7 Å². The molecule has 0 aliphatic rings. The lowest BCUT2D eigenvalue weighted by molar-refractivity contribution is 0.668. The molecule has 0 saturated carbocycles. The molecule has 0 spiro atoms. The van der Waals surface area contributed by atoms with E-state index < -0.39 is 0 Å². The normalized spacial score (nSPS) is 12.1. The van der Waals surface area contributed by atoms with E-state index in [2.05, 4.69) is 144 Å². The summed E-state index contributed by atoms with van der Waals surface area (Å²) in [6, 6.07) is 58.7. The summed E-state index contributed by atoms with van der Waals surface area (Å²) in [5.74, 6) is 0. The Labute approximate surface area is 280 Å². The highest BCUT2D eigenvalue weighted by atomic mass is 16.3. The van der Waals surface area contributed by atoms with Crippen LogP contribution in [0.5, 0.6) is 0 Å². The standard InChI is InChI=1S/C46H27NO2/c1-2-8-35-28(7-1)13-14-29-17-19-32(24-38(29)35)47(34-21-22-45-41(26-34)36-9-3-5-11-43(36)48-45)33-20-18-30-15-16-31-23-46-42(27-40(31)39(30)25-33)37-10-4-6-12-44(37)49-46/h1-27H. The number of rotatable bonds is 3. The molecule has 0 fully saturated rings. The lowest BCUT2D eigenvalue weighted by Crippen LogP contribution is -2.10. The first-order chi connectivity index (χ1) is 24.2. The lowest BCUT2D eigenvalue weighted by Gasteiger charge is -2.26. The molecule has 0 aliphatic carbocycles. The summed E-state index contributed by atoms with van der Waals surface area (Å²) in [6.45, 7) is 0. The molecule has 0 atom stereocenters. The zero-order chi connectivity index (χ0) is 32.1.